The van der Waals surface area contributed by atoms with Crippen LogP contribution >= 0.6 is 0 Å². The van der Waals surface area contributed by atoms with Crippen LogP contribution in [0, 0.1) is 0 Å². The predicted octanol–water partition coefficient (Wildman–Crippen LogP) is 2.63. The minimum absolute atomic E-state index is 0.0119. The molecule has 1 aliphatic heterocycles. The van der Waals surface area contributed by atoms with Crippen LogP contribution in [-0.4, -0.2) is 36.9 Å². The molecule has 110 valence electrons. The van der Waals surface area contributed by atoms with Crippen molar-refractivity contribution in [1.82, 2.24) is 0 Å². The van der Waals surface area contributed by atoms with E-state index in [2.05, 4.69) is 0 Å². The Labute approximate surface area is 113 Å². The largest absolute Gasteiger partial charge is 0.478 e. The number of morpholine rings is 1. The summed E-state index contributed by atoms with van der Waals surface area (Å²) >= 11 is 0. The first-order valence-corrected chi connectivity index (χ1v) is 6.09. The number of hydrogen-bond acceptors (Lipinski definition) is 3. The van der Waals surface area contributed by atoms with Gasteiger partial charge in [-0.25, -0.2) is 4.79 Å². The van der Waals surface area contributed by atoms with E-state index in [4.69, 9.17) is 9.84 Å². The number of hydrogen-bond donors (Lipinski definition) is 1. The highest BCUT2D eigenvalue weighted by atomic mass is 19.4. The Hall–Kier alpha value is -1.76. The number of rotatable bonds is 2. The first kappa shape index (κ1) is 14.6. The molecule has 0 bridgehead atoms. The van der Waals surface area contributed by atoms with Crippen LogP contribution in [-0.2, 0) is 10.9 Å². The van der Waals surface area contributed by atoms with Gasteiger partial charge in [-0.3, -0.25) is 0 Å². The van der Waals surface area contributed by atoms with Crippen molar-refractivity contribution in [2.24, 2.45) is 0 Å². The zero-order valence-electron chi connectivity index (χ0n) is 10.8. The zero-order chi connectivity index (χ0) is 14.9. The number of benzene rings is 1. The highest BCUT2D eigenvalue weighted by molar-refractivity contribution is 5.91. The quantitative estimate of drug-likeness (QED) is 0.909. The van der Waals surface area contributed by atoms with Gasteiger partial charge in [0.05, 0.1) is 24.3 Å². The third-order valence-corrected chi connectivity index (χ3v) is 3.24. The summed E-state index contributed by atoms with van der Waals surface area (Å²) in [5, 5.41) is 8.97. The number of nitrogens with zero attached hydrogens (tertiary/aromatic N) is 1. The minimum Gasteiger partial charge on any atom is -0.478 e. The highest BCUT2D eigenvalue weighted by Gasteiger charge is 2.36. The topological polar surface area (TPSA) is 49.8 Å². The summed E-state index contributed by atoms with van der Waals surface area (Å²) in [7, 11) is 0. The molecule has 20 heavy (non-hydrogen) atoms. The van der Waals surface area contributed by atoms with E-state index >= 15 is 0 Å². The molecule has 0 amide bonds. The molecule has 0 spiro atoms. The zero-order valence-corrected chi connectivity index (χ0v) is 10.8. The van der Waals surface area contributed by atoms with Crippen LogP contribution in [0.1, 0.15) is 22.8 Å². The number of carboxylic acids is 1. The van der Waals surface area contributed by atoms with Gasteiger partial charge in [-0.05, 0) is 25.1 Å². The van der Waals surface area contributed by atoms with Gasteiger partial charge >= 0.3 is 12.1 Å². The predicted molar refractivity (Wildman–Crippen MR) is 66.0 cm³/mol. The van der Waals surface area contributed by atoms with Crippen molar-refractivity contribution in [1.29, 1.82) is 0 Å². The van der Waals surface area contributed by atoms with E-state index in [1.165, 1.54) is 6.07 Å². The van der Waals surface area contributed by atoms with Crippen molar-refractivity contribution in [2.45, 2.75) is 19.1 Å². The Morgan fingerprint density at radius 3 is 2.70 bits per heavy atom. The Kier molecular flexibility index (Phi) is 3.89. The fourth-order valence-corrected chi connectivity index (χ4v) is 2.25. The summed E-state index contributed by atoms with van der Waals surface area (Å²) in [6.45, 7) is 3.32. The Bertz CT molecular complexity index is 516. The molecule has 1 aliphatic rings. The average molecular weight is 289 g/mol. The molecule has 0 radical (unpaired) electrons. The molecule has 1 saturated heterocycles. The Morgan fingerprint density at radius 1 is 1.45 bits per heavy atom. The maximum atomic E-state index is 12.8. The van der Waals surface area contributed by atoms with Crippen LogP contribution in [0.5, 0.6) is 0 Å². The molecule has 0 aliphatic carbocycles. The Balaban J connectivity index is 2.42. The van der Waals surface area contributed by atoms with E-state index < -0.39 is 23.3 Å². The molecule has 0 saturated carbocycles. The van der Waals surface area contributed by atoms with Crippen LogP contribution in [0.25, 0.3) is 0 Å². The number of aromatic carboxylic acids is 1. The van der Waals surface area contributed by atoms with E-state index in [1.807, 2.05) is 11.8 Å². The van der Waals surface area contributed by atoms with Crippen LogP contribution in [0.4, 0.5) is 18.9 Å². The van der Waals surface area contributed by atoms with Gasteiger partial charge in [0.25, 0.3) is 0 Å². The summed E-state index contributed by atoms with van der Waals surface area (Å²) in [6, 6.07) is 3.19. The summed E-state index contributed by atoms with van der Waals surface area (Å²) in [4.78, 5) is 12.9. The maximum absolute atomic E-state index is 12.8. The number of ether oxygens (including phenoxy) is 1. The van der Waals surface area contributed by atoms with Gasteiger partial charge in [0.2, 0.25) is 0 Å². The molecule has 1 aromatic carbocycles. The lowest BCUT2D eigenvalue weighted by atomic mass is 10.0. The van der Waals surface area contributed by atoms with E-state index in [0.29, 0.717) is 25.4 Å². The minimum atomic E-state index is -4.68. The summed E-state index contributed by atoms with van der Waals surface area (Å²) in [5.41, 5.74) is -1.39. The number of anilines is 1. The normalized spacial score (nSPS) is 20.0. The van der Waals surface area contributed by atoms with Crippen molar-refractivity contribution < 1.29 is 27.8 Å². The highest BCUT2D eigenvalue weighted by Crippen LogP contribution is 2.34. The number of carboxylic acid groups (broad SMARTS) is 1. The number of carbonyl (C=O) groups is 1. The lowest BCUT2D eigenvalue weighted by Gasteiger charge is -2.35. The molecule has 1 N–H and O–H groups in total. The van der Waals surface area contributed by atoms with Crippen LogP contribution < -0.4 is 4.90 Å². The molecule has 1 unspecified atom stereocenters. The number of halogens is 3. The lowest BCUT2D eigenvalue weighted by Crippen LogP contribution is -2.43. The summed E-state index contributed by atoms with van der Waals surface area (Å²) in [6.07, 6.45) is -4.68. The molecule has 1 heterocycles. The second kappa shape index (κ2) is 5.32. The molecule has 1 atom stereocenters. The van der Waals surface area contributed by atoms with Gasteiger partial charge in [-0.1, -0.05) is 0 Å². The van der Waals surface area contributed by atoms with E-state index in [1.54, 1.807) is 0 Å². The van der Waals surface area contributed by atoms with Gasteiger partial charge in [-0.2, -0.15) is 13.2 Å². The van der Waals surface area contributed by atoms with Crippen molar-refractivity contribution in [3.05, 3.63) is 29.3 Å². The smallest absolute Gasteiger partial charge is 0.417 e. The first-order chi connectivity index (χ1) is 9.30. The first-order valence-electron chi connectivity index (χ1n) is 6.09. The van der Waals surface area contributed by atoms with E-state index in [-0.39, 0.29) is 6.04 Å². The van der Waals surface area contributed by atoms with E-state index in [0.717, 1.165) is 12.1 Å². The standard InChI is InChI=1S/C13H14F3NO3/c1-8-7-20-5-4-17(8)9-2-3-11(13(14,15)16)10(6-9)12(18)19/h2-3,6,8H,4-5,7H2,1H3,(H,18,19). The van der Waals surface area contributed by atoms with Gasteiger partial charge in [0, 0.05) is 18.3 Å². The molecule has 0 aromatic heterocycles. The van der Waals surface area contributed by atoms with Crippen molar-refractivity contribution in [3.8, 4) is 0 Å². The number of alkyl halides is 3. The summed E-state index contributed by atoms with van der Waals surface area (Å²) < 4.78 is 43.5. The molecular formula is C13H14F3NO3. The van der Waals surface area contributed by atoms with Gasteiger partial charge in [-0.15, -0.1) is 0 Å². The van der Waals surface area contributed by atoms with Crippen molar-refractivity contribution >= 4 is 11.7 Å². The third-order valence-electron chi connectivity index (χ3n) is 3.24. The lowest BCUT2D eigenvalue weighted by molar-refractivity contribution is -0.138. The Morgan fingerprint density at radius 2 is 2.15 bits per heavy atom. The molecule has 4 nitrogen and oxygen atoms in total. The molecule has 7 heteroatoms. The molecule has 2 rings (SSSR count). The second-order valence-corrected chi connectivity index (χ2v) is 4.65. The summed E-state index contributed by atoms with van der Waals surface area (Å²) in [5.74, 6) is -1.58. The van der Waals surface area contributed by atoms with Gasteiger partial charge in [0.1, 0.15) is 0 Å². The monoisotopic (exact) mass is 289 g/mol. The second-order valence-electron chi connectivity index (χ2n) is 4.65. The van der Waals surface area contributed by atoms with Gasteiger partial charge < -0.3 is 14.7 Å². The van der Waals surface area contributed by atoms with Gasteiger partial charge in [0.15, 0.2) is 0 Å². The third kappa shape index (κ3) is 2.87. The van der Waals surface area contributed by atoms with Crippen LogP contribution in [0.3, 0.4) is 0 Å². The maximum Gasteiger partial charge on any atom is 0.417 e. The molecule has 1 fully saturated rings. The fraction of sp³-hybridized carbons (Fsp3) is 0.462. The van der Waals surface area contributed by atoms with Crippen LogP contribution in [0.15, 0.2) is 18.2 Å². The molecular weight excluding hydrogens is 275 g/mol. The fourth-order valence-electron chi connectivity index (χ4n) is 2.25. The SMILES string of the molecule is CC1COCCN1c1ccc(C(F)(F)F)c(C(=O)O)c1. The van der Waals surface area contributed by atoms with Crippen LogP contribution in [0.2, 0.25) is 0 Å². The van der Waals surface area contributed by atoms with Crippen molar-refractivity contribution in [2.75, 3.05) is 24.7 Å². The van der Waals surface area contributed by atoms with E-state index in [9.17, 15) is 18.0 Å². The average Bonchev–Trinajstić information content (AvgIpc) is 2.37. The van der Waals surface area contributed by atoms with Crippen molar-refractivity contribution in [3.63, 3.8) is 0 Å². The molecule has 1 aromatic rings.